The zero-order valence-corrected chi connectivity index (χ0v) is 10.8. The van der Waals surface area contributed by atoms with Gasteiger partial charge in [0.05, 0.1) is 13.5 Å². The Balaban J connectivity index is 1.97. The first-order chi connectivity index (χ1) is 9.28. The summed E-state index contributed by atoms with van der Waals surface area (Å²) in [6, 6.07) is 17.4. The van der Waals surface area contributed by atoms with E-state index in [4.69, 9.17) is 4.74 Å². The van der Waals surface area contributed by atoms with Gasteiger partial charge >= 0.3 is 5.97 Å². The highest BCUT2D eigenvalue weighted by molar-refractivity contribution is 5.72. The highest BCUT2D eigenvalue weighted by Crippen LogP contribution is 2.15. The van der Waals surface area contributed by atoms with Crippen molar-refractivity contribution < 1.29 is 14.3 Å². The Morgan fingerprint density at radius 3 is 2.47 bits per heavy atom. The lowest BCUT2D eigenvalue weighted by atomic mass is 10.1. The number of carbonyl (C=O) groups is 1. The van der Waals surface area contributed by atoms with Crippen molar-refractivity contribution in [3.8, 4) is 5.75 Å². The van der Waals surface area contributed by atoms with Crippen LogP contribution in [0.4, 0.5) is 0 Å². The lowest BCUT2D eigenvalue weighted by molar-refractivity contribution is -0.139. The van der Waals surface area contributed by atoms with Gasteiger partial charge < -0.3 is 9.47 Å². The van der Waals surface area contributed by atoms with Crippen LogP contribution in [0.25, 0.3) is 0 Å². The van der Waals surface area contributed by atoms with Crippen LogP contribution in [0.15, 0.2) is 54.6 Å². The second kappa shape index (κ2) is 6.59. The number of benzene rings is 2. The summed E-state index contributed by atoms with van der Waals surface area (Å²) in [5, 5.41) is 0. The van der Waals surface area contributed by atoms with E-state index in [-0.39, 0.29) is 12.4 Å². The summed E-state index contributed by atoms with van der Waals surface area (Å²) in [6.07, 6.45) is 0.263. The third kappa shape index (κ3) is 4.14. The Labute approximate surface area is 112 Å². The SMILES string of the molecule is COC(=O)Cc1cccc(OCc2ccccc2)c1. The van der Waals surface area contributed by atoms with E-state index >= 15 is 0 Å². The van der Waals surface area contributed by atoms with Gasteiger partial charge in [0.15, 0.2) is 0 Å². The molecule has 0 radical (unpaired) electrons. The van der Waals surface area contributed by atoms with Crippen LogP contribution in [0.2, 0.25) is 0 Å². The van der Waals surface area contributed by atoms with E-state index in [1.165, 1.54) is 7.11 Å². The van der Waals surface area contributed by atoms with Crippen molar-refractivity contribution in [1.82, 2.24) is 0 Å². The zero-order chi connectivity index (χ0) is 13.5. The number of methoxy groups -OCH3 is 1. The molecule has 0 fully saturated rings. The molecule has 0 bridgehead atoms. The van der Waals surface area contributed by atoms with Crippen molar-refractivity contribution in [2.45, 2.75) is 13.0 Å². The largest absolute Gasteiger partial charge is 0.489 e. The van der Waals surface area contributed by atoms with Gasteiger partial charge in [-0.2, -0.15) is 0 Å². The second-order valence-electron chi connectivity index (χ2n) is 4.17. The number of rotatable bonds is 5. The van der Waals surface area contributed by atoms with E-state index in [2.05, 4.69) is 4.74 Å². The summed E-state index contributed by atoms with van der Waals surface area (Å²) in [7, 11) is 1.39. The zero-order valence-electron chi connectivity index (χ0n) is 10.8. The molecule has 3 nitrogen and oxygen atoms in total. The Kier molecular flexibility index (Phi) is 4.56. The van der Waals surface area contributed by atoms with Crippen LogP contribution in [0.3, 0.4) is 0 Å². The Hall–Kier alpha value is -2.29. The van der Waals surface area contributed by atoms with E-state index < -0.39 is 0 Å². The number of hydrogen-bond donors (Lipinski definition) is 0. The maximum Gasteiger partial charge on any atom is 0.309 e. The fraction of sp³-hybridized carbons (Fsp3) is 0.188. The standard InChI is InChI=1S/C16H16O3/c1-18-16(17)11-14-8-5-9-15(10-14)19-12-13-6-3-2-4-7-13/h2-10H,11-12H2,1H3. The number of ether oxygens (including phenoxy) is 2. The lowest BCUT2D eigenvalue weighted by Gasteiger charge is -2.07. The smallest absolute Gasteiger partial charge is 0.309 e. The third-order valence-corrected chi connectivity index (χ3v) is 2.72. The van der Waals surface area contributed by atoms with Crippen molar-refractivity contribution >= 4 is 5.97 Å². The molecule has 0 heterocycles. The Bertz CT molecular complexity index is 535. The monoisotopic (exact) mass is 256 g/mol. The van der Waals surface area contributed by atoms with Gasteiger partial charge in [-0.3, -0.25) is 4.79 Å². The van der Waals surface area contributed by atoms with E-state index in [1.807, 2.05) is 54.6 Å². The topological polar surface area (TPSA) is 35.5 Å². The highest BCUT2D eigenvalue weighted by Gasteiger charge is 2.04. The molecule has 2 rings (SSSR count). The van der Waals surface area contributed by atoms with Crippen molar-refractivity contribution in [2.24, 2.45) is 0 Å². The normalized spacial score (nSPS) is 9.95. The molecule has 0 aliphatic rings. The third-order valence-electron chi connectivity index (χ3n) is 2.72. The van der Waals surface area contributed by atoms with Crippen LogP contribution in [0.1, 0.15) is 11.1 Å². The summed E-state index contributed by atoms with van der Waals surface area (Å²) in [5.74, 6) is 0.505. The molecule has 0 aromatic heterocycles. The maximum absolute atomic E-state index is 11.2. The highest BCUT2D eigenvalue weighted by atomic mass is 16.5. The minimum atomic E-state index is -0.250. The molecule has 0 atom stereocenters. The van der Waals surface area contributed by atoms with Gasteiger partial charge in [-0.25, -0.2) is 0 Å². The van der Waals surface area contributed by atoms with E-state index in [9.17, 15) is 4.79 Å². The van der Waals surface area contributed by atoms with Crippen molar-refractivity contribution in [2.75, 3.05) is 7.11 Å². The van der Waals surface area contributed by atoms with Crippen LogP contribution in [0.5, 0.6) is 5.75 Å². The van der Waals surface area contributed by atoms with Gasteiger partial charge in [0.25, 0.3) is 0 Å². The molecule has 0 amide bonds. The fourth-order valence-corrected chi connectivity index (χ4v) is 1.72. The van der Waals surface area contributed by atoms with Crippen LogP contribution >= 0.6 is 0 Å². The molecule has 0 saturated heterocycles. The van der Waals surface area contributed by atoms with Crippen molar-refractivity contribution in [1.29, 1.82) is 0 Å². The second-order valence-corrected chi connectivity index (χ2v) is 4.17. The average molecular weight is 256 g/mol. The fourth-order valence-electron chi connectivity index (χ4n) is 1.72. The van der Waals surface area contributed by atoms with Crippen molar-refractivity contribution in [3.63, 3.8) is 0 Å². The number of esters is 1. The molecule has 0 aliphatic carbocycles. The van der Waals surface area contributed by atoms with Gasteiger partial charge in [-0.05, 0) is 23.3 Å². The first-order valence-electron chi connectivity index (χ1n) is 6.10. The summed E-state index contributed by atoms with van der Waals surface area (Å²) in [5.41, 5.74) is 2.00. The quantitative estimate of drug-likeness (QED) is 0.771. The van der Waals surface area contributed by atoms with E-state index in [0.29, 0.717) is 6.61 Å². The van der Waals surface area contributed by atoms with Crippen LogP contribution < -0.4 is 4.74 Å². The molecule has 0 saturated carbocycles. The van der Waals surface area contributed by atoms with Gasteiger partial charge in [0.2, 0.25) is 0 Å². The minimum absolute atomic E-state index is 0.250. The first kappa shape index (κ1) is 13.1. The Morgan fingerprint density at radius 2 is 1.74 bits per heavy atom. The molecule has 2 aromatic rings. The molecule has 98 valence electrons. The molecular formula is C16H16O3. The predicted octanol–water partition coefficient (Wildman–Crippen LogP) is 2.98. The molecule has 0 unspecified atom stereocenters. The molecule has 0 N–H and O–H groups in total. The molecule has 3 heteroatoms. The van der Waals surface area contributed by atoms with Gasteiger partial charge in [-0.15, -0.1) is 0 Å². The summed E-state index contributed by atoms with van der Waals surface area (Å²) in [6.45, 7) is 0.516. The summed E-state index contributed by atoms with van der Waals surface area (Å²) >= 11 is 0. The molecular weight excluding hydrogens is 240 g/mol. The van der Waals surface area contributed by atoms with Gasteiger partial charge in [-0.1, -0.05) is 42.5 Å². The van der Waals surface area contributed by atoms with Gasteiger partial charge in [0, 0.05) is 0 Å². The molecule has 2 aromatic carbocycles. The maximum atomic E-state index is 11.2. The summed E-state index contributed by atoms with van der Waals surface area (Å²) < 4.78 is 10.3. The van der Waals surface area contributed by atoms with Crippen LogP contribution in [-0.2, 0) is 22.6 Å². The lowest BCUT2D eigenvalue weighted by Crippen LogP contribution is -2.04. The number of carbonyl (C=O) groups excluding carboxylic acids is 1. The summed E-state index contributed by atoms with van der Waals surface area (Å²) in [4.78, 5) is 11.2. The van der Waals surface area contributed by atoms with Gasteiger partial charge in [0.1, 0.15) is 12.4 Å². The van der Waals surface area contributed by atoms with Crippen LogP contribution in [0, 0.1) is 0 Å². The molecule has 19 heavy (non-hydrogen) atoms. The van der Waals surface area contributed by atoms with E-state index in [1.54, 1.807) is 0 Å². The van der Waals surface area contributed by atoms with Crippen LogP contribution in [-0.4, -0.2) is 13.1 Å². The van der Waals surface area contributed by atoms with Crippen molar-refractivity contribution in [3.05, 3.63) is 65.7 Å². The first-order valence-corrected chi connectivity index (χ1v) is 6.10. The van der Waals surface area contributed by atoms with E-state index in [0.717, 1.165) is 16.9 Å². The number of hydrogen-bond acceptors (Lipinski definition) is 3. The molecule has 0 aliphatic heterocycles. The molecule has 0 spiro atoms. The Morgan fingerprint density at radius 1 is 1.00 bits per heavy atom. The predicted molar refractivity (Wildman–Crippen MR) is 72.9 cm³/mol. The average Bonchev–Trinajstić information content (AvgIpc) is 2.46. The minimum Gasteiger partial charge on any atom is -0.489 e.